The Morgan fingerprint density at radius 1 is 1.35 bits per heavy atom. The minimum atomic E-state index is -3.87. The molecule has 0 radical (unpaired) electrons. The van der Waals surface area contributed by atoms with E-state index in [-0.39, 0.29) is 28.1 Å². The van der Waals surface area contributed by atoms with Crippen LogP contribution in [0.15, 0.2) is 17.0 Å². The van der Waals surface area contributed by atoms with Crippen LogP contribution in [0.2, 0.25) is 0 Å². The fourth-order valence-corrected chi connectivity index (χ4v) is 4.79. The summed E-state index contributed by atoms with van der Waals surface area (Å²) in [5.74, 6) is 0.167. The monoisotopic (exact) mass is 319 g/mol. The number of hydrogen-bond donors (Lipinski definition) is 3. The van der Waals surface area contributed by atoms with Crippen molar-refractivity contribution in [1.29, 1.82) is 0 Å². The lowest BCUT2D eigenvalue weighted by Gasteiger charge is -2.17. The molecule has 0 bridgehead atoms. The predicted molar refractivity (Wildman–Crippen MR) is 77.6 cm³/mol. The molecule has 1 saturated heterocycles. The van der Waals surface area contributed by atoms with Crippen molar-refractivity contribution >= 4 is 31.2 Å². The minimum absolute atomic E-state index is 0.0337. The van der Waals surface area contributed by atoms with Gasteiger partial charge in [-0.25, -0.2) is 22.0 Å². The molecule has 1 aromatic carbocycles. The molecule has 1 aromatic rings. The van der Waals surface area contributed by atoms with Gasteiger partial charge >= 0.3 is 0 Å². The Morgan fingerprint density at radius 2 is 2.00 bits per heavy atom. The molecule has 1 unspecified atom stereocenters. The third-order valence-corrected chi connectivity index (χ3v) is 6.09. The molecule has 20 heavy (non-hydrogen) atoms. The normalized spacial score (nSPS) is 21.8. The zero-order valence-corrected chi connectivity index (χ0v) is 12.6. The summed E-state index contributed by atoms with van der Waals surface area (Å²) < 4.78 is 45.9. The maximum absolute atomic E-state index is 11.5. The van der Waals surface area contributed by atoms with E-state index in [0.717, 1.165) is 0 Å². The Bertz CT molecular complexity index is 741. The van der Waals surface area contributed by atoms with Crippen LogP contribution in [0.1, 0.15) is 12.0 Å². The second-order valence-corrected chi connectivity index (χ2v) is 8.74. The van der Waals surface area contributed by atoms with Crippen molar-refractivity contribution in [2.75, 3.05) is 22.6 Å². The van der Waals surface area contributed by atoms with Crippen LogP contribution in [0.25, 0.3) is 0 Å². The van der Waals surface area contributed by atoms with Gasteiger partial charge in [-0.15, -0.1) is 0 Å². The molecule has 0 aliphatic carbocycles. The van der Waals surface area contributed by atoms with Crippen LogP contribution >= 0.6 is 0 Å². The van der Waals surface area contributed by atoms with Gasteiger partial charge in [-0.1, -0.05) is 0 Å². The third-order valence-electron chi connectivity index (χ3n) is 3.28. The van der Waals surface area contributed by atoms with Crippen LogP contribution in [0.3, 0.4) is 0 Å². The van der Waals surface area contributed by atoms with Gasteiger partial charge in [0.1, 0.15) is 0 Å². The number of anilines is 2. The van der Waals surface area contributed by atoms with Crippen molar-refractivity contribution < 1.29 is 16.8 Å². The molecule has 2 rings (SSSR count). The molecule has 0 spiro atoms. The highest BCUT2D eigenvalue weighted by molar-refractivity contribution is 7.91. The number of hydrogen-bond acceptors (Lipinski definition) is 6. The number of nitrogens with one attached hydrogen (secondary N) is 1. The van der Waals surface area contributed by atoms with Gasteiger partial charge in [0.2, 0.25) is 10.0 Å². The molecule has 112 valence electrons. The number of sulfonamides is 1. The lowest BCUT2D eigenvalue weighted by molar-refractivity contribution is 0.596. The SMILES string of the molecule is Cc1c(NC2CCS(=O)(=O)C2)cc(N)cc1S(N)(=O)=O. The Kier molecular flexibility index (Phi) is 3.69. The fourth-order valence-electron chi connectivity index (χ4n) is 2.28. The molecular formula is C11H17N3O4S2. The van der Waals surface area contributed by atoms with Gasteiger partial charge in [-0.3, -0.25) is 0 Å². The number of nitrogen functional groups attached to an aromatic ring is 1. The highest BCUT2D eigenvalue weighted by Crippen LogP contribution is 2.28. The van der Waals surface area contributed by atoms with Crippen molar-refractivity contribution in [3.8, 4) is 0 Å². The largest absolute Gasteiger partial charge is 0.399 e. The fraction of sp³-hybridized carbons (Fsp3) is 0.455. The van der Waals surface area contributed by atoms with Gasteiger partial charge in [0.25, 0.3) is 0 Å². The van der Waals surface area contributed by atoms with Gasteiger partial charge in [-0.05, 0) is 31.0 Å². The molecule has 5 N–H and O–H groups in total. The second kappa shape index (κ2) is 4.90. The Morgan fingerprint density at radius 3 is 2.50 bits per heavy atom. The van der Waals surface area contributed by atoms with E-state index in [1.807, 2.05) is 0 Å². The van der Waals surface area contributed by atoms with Gasteiger partial charge in [0.05, 0.1) is 16.4 Å². The van der Waals surface area contributed by atoms with Gasteiger partial charge in [0, 0.05) is 17.4 Å². The van der Waals surface area contributed by atoms with E-state index >= 15 is 0 Å². The molecule has 1 aliphatic rings. The highest BCUT2D eigenvalue weighted by atomic mass is 32.2. The Balaban J connectivity index is 2.36. The lowest BCUT2D eigenvalue weighted by atomic mass is 10.1. The zero-order valence-electron chi connectivity index (χ0n) is 11.0. The number of rotatable bonds is 3. The maximum atomic E-state index is 11.5. The van der Waals surface area contributed by atoms with E-state index in [0.29, 0.717) is 17.7 Å². The number of benzene rings is 1. The first-order valence-corrected chi connectivity index (χ1v) is 9.35. The smallest absolute Gasteiger partial charge is 0.238 e. The van der Waals surface area contributed by atoms with Crippen LogP contribution in [0.5, 0.6) is 0 Å². The molecule has 0 saturated carbocycles. The highest BCUT2D eigenvalue weighted by Gasteiger charge is 2.28. The summed E-state index contributed by atoms with van der Waals surface area (Å²) in [6.45, 7) is 1.60. The van der Waals surface area contributed by atoms with Crippen molar-refractivity contribution in [1.82, 2.24) is 0 Å². The first kappa shape index (κ1) is 15.1. The Hall–Kier alpha value is -1.32. The molecular weight excluding hydrogens is 302 g/mol. The summed E-state index contributed by atoms with van der Waals surface area (Å²) in [5.41, 5.74) is 6.86. The first-order chi connectivity index (χ1) is 9.08. The van der Waals surface area contributed by atoms with Gasteiger partial charge in [-0.2, -0.15) is 0 Å². The van der Waals surface area contributed by atoms with Crippen LogP contribution in [-0.2, 0) is 19.9 Å². The van der Waals surface area contributed by atoms with Crippen LogP contribution in [-0.4, -0.2) is 34.4 Å². The van der Waals surface area contributed by atoms with Crippen molar-refractivity contribution in [2.45, 2.75) is 24.3 Å². The van der Waals surface area contributed by atoms with E-state index in [1.54, 1.807) is 13.0 Å². The van der Waals surface area contributed by atoms with E-state index in [1.165, 1.54) is 6.07 Å². The molecule has 9 heteroatoms. The Labute approximate surface area is 118 Å². The van der Waals surface area contributed by atoms with Gasteiger partial charge < -0.3 is 11.1 Å². The van der Waals surface area contributed by atoms with Crippen molar-refractivity contribution in [3.63, 3.8) is 0 Å². The maximum Gasteiger partial charge on any atom is 0.238 e. The zero-order chi connectivity index (χ0) is 15.1. The number of sulfone groups is 1. The summed E-state index contributed by atoms with van der Waals surface area (Å²) in [4.78, 5) is -0.0548. The van der Waals surface area contributed by atoms with E-state index in [2.05, 4.69) is 5.32 Å². The standard InChI is InChI=1S/C11H17N3O4S2/c1-7-10(14-9-2-3-19(15,16)6-9)4-8(12)5-11(7)20(13,17)18/h4-5,9,14H,2-3,6,12H2,1H3,(H2,13,17,18). The molecule has 1 aliphatic heterocycles. The van der Waals surface area contributed by atoms with Crippen LogP contribution < -0.4 is 16.2 Å². The molecule has 7 nitrogen and oxygen atoms in total. The predicted octanol–water partition coefficient (Wildman–Crippen LogP) is -0.176. The van der Waals surface area contributed by atoms with E-state index in [4.69, 9.17) is 10.9 Å². The molecule has 0 amide bonds. The summed E-state index contributed by atoms with van der Waals surface area (Å²) >= 11 is 0. The number of nitrogens with two attached hydrogens (primary N) is 2. The second-order valence-electron chi connectivity index (χ2n) is 4.98. The van der Waals surface area contributed by atoms with Crippen LogP contribution in [0, 0.1) is 6.92 Å². The third kappa shape index (κ3) is 3.22. The molecule has 1 fully saturated rings. The van der Waals surface area contributed by atoms with E-state index < -0.39 is 19.9 Å². The van der Waals surface area contributed by atoms with Crippen molar-refractivity contribution in [3.05, 3.63) is 17.7 Å². The topological polar surface area (TPSA) is 132 Å². The first-order valence-electron chi connectivity index (χ1n) is 5.98. The van der Waals surface area contributed by atoms with E-state index in [9.17, 15) is 16.8 Å². The lowest BCUT2D eigenvalue weighted by Crippen LogP contribution is -2.22. The summed E-state index contributed by atoms with van der Waals surface area (Å²) in [5, 5.41) is 8.18. The minimum Gasteiger partial charge on any atom is -0.399 e. The summed E-state index contributed by atoms with van der Waals surface area (Å²) in [7, 11) is -6.89. The molecule has 1 atom stereocenters. The number of primary sulfonamides is 1. The summed E-state index contributed by atoms with van der Waals surface area (Å²) in [6, 6.07) is 2.63. The average Bonchev–Trinajstić information content (AvgIpc) is 2.61. The summed E-state index contributed by atoms with van der Waals surface area (Å²) in [6.07, 6.45) is 0.487. The molecule has 0 aromatic heterocycles. The van der Waals surface area contributed by atoms with Crippen LogP contribution in [0.4, 0.5) is 11.4 Å². The molecule has 1 heterocycles. The van der Waals surface area contributed by atoms with Gasteiger partial charge in [0.15, 0.2) is 9.84 Å². The average molecular weight is 319 g/mol. The van der Waals surface area contributed by atoms with Crippen molar-refractivity contribution in [2.24, 2.45) is 5.14 Å². The quantitative estimate of drug-likeness (QED) is 0.662.